The van der Waals surface area contributed by atoms with Gasteiger partial charge in [0.1, 0.15) is 11.5 Å². The van der Waals surface area contributed by atoms with Crippen LogP contribution in [0.4, 0.5) is 0 Å². The normalized spacial score (nSPS) is 17.0. The molecule has 150 valence electrons. The number of piperidine rings is 1. The Labute approximate surface area is 171 Å². The maximum absolute atomic E-state index is 12.1. The number of furan rings is 1. The van der Waals surface area contributed by atoms with Crippen molar-refractivity contribution in [2.24, 2.45) is 5.92 Å². The number of para-hydroxylation sites is 1. The molecule has 4 rings (SSSR count). The van der Waals surface area contributed by atoms with Crippen LogP contribution in [0, 0.1) is 5.92 Å². The predicted molar refractivity (Wildman–Crippen MR) is 112 cm³/mol. The molecule has 3 aromatic rings. The van der Waals surface area contributed by atoms with E-state index in [1.165, 1.54) is 11.8 Å². The van der Waals surface area contributed by atoms with Crippen molar-refractivity contribution >= 4 is 5.91 Å². The third-order valence-corrected chi connectivity index (χ3v) is 5.18. The van der Waals surface area contributed by atoms with Gasteiger partial charge in [-0.3, -0.25) is 9.69 Å². The van der Waals surface area contributed by atoms with Crippen molar-refractivity contribution in [2.45, 2.75) is 19.4 Å². The van der Waals surface area contributed by atoms with Crippen molar-refractivity contribution in [3.63, 3.8) is 0 Å². The Morgan fingerprint density at radius 2 is 1.93 bits per heavy atom. The molecule has 1 aliphatic rings. The summed E-state index contributed by atoms with van der Waals surface area (Å²) in [5.41, 5.74) is 1.23. The predicted octanol–water partition coefficient (Wildman–Crippen LogP) is 4.71. The highest BCUT2D eigenvalue weighted by Gasteiger charge is 2.21. The van der Waals surface area contributed by atoms with Gasteiger partial charge in [0.25, 0.3) is 5.91 Å². The quantitative estimate of drug-likeness (QED) is 0.635. The molecule has 1 aromatic heterocycles. The van der Waals surface area contributed by atoms with E-state index in [4.69, 9.17) is 9.15 Å². The fourth-order valence-corrected chi connectivity index (χ4v) is 3.78. The first-order valence-corrected chi connectivity index (χ1v) is 10.1. The number of rotatable bonds is 7. The summed E-state index contributed by atoms with van der Waals surface area (Å²) in [5, 5.41) is 3.00. The van der Waals surface area contributed by atoms with Crippen molar-refractivity contribution in [1.82, 2.24) is 10.2 Å². The third kappa shape index (κ3) is 5.48. The van der Waals surface area contributed by atoms with E-state index in [0.29, 0.717) is 18.2 Å². The third-order valence-electron chi connectivity index (χ3n) is 5.18. The second-order valence-electron chi connectivity index (χ2n) is 7.49. The van der Waals surface area contributed by atoms with Gasteiger partial charge >= 0.3 is 0 Å². The molecule has 29 heavy (non-hydrogen) atoms. The van der Waals surface area contributed by atoms with Gasteiger partial charge in [-0.05, 0) is 67.3 Å². The van der Waals surface area contributed by atoms with E-state index in [1.807, 2.05) is 42.5 Å². The molecule has 0 spiro atoms. The summed E-state index contributed by atoms with van der Waals surface area (Å²) >= 11 is 0. The number of hydrogen-bond acceptors (Lipinski definition) is 4. The van der Waals surface area contributed by atoms with Crippen LogP contribution in [0.1, 0.15) is 29.0 Å². The van der Waals surface area contributed by atoms with Gasteiger partial charge in [0.05, 0.1) is 6.26 Å². The fraction of sp³-hybridized carbons (Fsp3) is 0.292. The summed E-state index contributed by atoms with van der Waals surface area (Å²) < 4.78 is 11.1. The number of likely N-dealkylation sites (tertiary alicyclic amines) is 1. The Morgan fingerprint density at radius 3 is 2.76 bits per heavy atom. The number of ether oxygens (including phenoxy) is 1. The van der Waals surface area contributed by atoms with Crippen molar-refractivity contribution in [3.8, 4) is 11.5 Å². The highest BCUT2D eigenvalue weighted by molar-refractivity contribution is 5.91. The van der Waals surface area contributed by atoms with E-state index in [0.717, 1.165) is 44.0 Å². The molecule has 1 amide bonds. The van der Waals surface area contributed by atoms with Crippen LogP contribution in [0.15, 0.2) is 77.4 Å². The molecule has 5 nitrogen and oxygen atoms in total. The van der Waals surface area contributed by atoms with Crippen LogP contribution < -0.4 is 10.1 Å². The first kappa shape index (κ1) is 19.3. The summed E-state index contributed by atoms with van der Waals surface area (Å²) in [5.74, 6) is 2.38. The zero-order chi connectivity index (χ0) is 19.9. The lowest BCUT2D eigenvalue weighted by molar-refractivity contribution is 0.0903. The molecule has 1 saturated heterocycles. The summed E-state index contributed by atoms with van der Waals surface area (Å²) in [4.78, 5) is 14.5. The van der Waals surface area contributed by atoms with Crippen molar-refractivity contribution < 1.29 is 13.9 Å². The molecule has 0 bridgehead atoms. The molecule has 0 radical (unpaired) electrons. The van der Waals surface area contributed by atoms with Crippen LogP contribution in [-0.4, -0.2) is 30.4 Å². The summed E-state index contributed by atoms with van der Waals surface area (Å²) in [6.07, 6.45) is 3.79. The Hall–Kier alpha value is -3.05. The number of amides is 1. The minimum absolute atomic E-state index is 0.141. The second kappa shape index (κ2) is 9.43. The molecule has 1 N–H and O–H groups in total. The minimum Gasteiger partial charge on any atom is -0.459 e. The summed E-state index contributed by atoms with van der Waals surface area (Å²) in [6.45, 7) is 3.61. The minimum atomic E-state index is -0.141. The van der Waals surface area contributed by atoms with Crippen LogP contribution in [-0.2, 0) is 6.54 Å². The maximum Gasteiger partial charge on any atom is 0.286 e. The standard InChI is InChI=1S/C24H26N2O3/c27-24(23-12-6-14-28-23)25-16-20-8-5-13-26(18-20)17-19-7-4-11-22(15-19)29-21-9-2-1-3-10-21/h1-4,6-7,9-12,14-15,20H,5,8,13,16-18H2,(H,25,27)/t20-/m0/s1. The number of carbonyl (C=O) groups excluding carboxylic acids is 1. The van der Waals surface area contributed by atoms with E-state index in [9.17, 15) is 4.79 Å². The average Bonchev–Trinajstić information content (AvgIpc) is 3.28. The van der Waals surface area contributed by atoms with Crippen LogP contribution in [0.5, 0.6) is 11.5 Å². The Morgan fingerprint density at radius 1 is 1.07 bits per heavy atom. The SMILES string of the molecule is O=C(NC[C@@H]1CCCN(Cc2cccc(Oc3ccccc3)c2)C1)c1ccco1. The van der Waals surface area contributed by atoms with Crippen LogP contribution >= 0.6 is 0 Å². The van der Waals surface area contributed by atoms with E-state index < -0.39 is 0 Å². The summed E-state index contributed by atoms with van der Waals surface area (Å²) in [7, 11) is 0. The first-order chi connectivity index (χ1) is 14.3. The molecule has 1 atom stereocenters. The molecule has 2 aromatic carbocycles. The molecule has 1 aliphatic heterocycles. The average molecular weight is 390 g/mol. The molecule has 0 saturated carbocycles. The lowest BCUT2D eigenvalue weighted by Crippen LogP contribution is -2.40. The maximum atomic E-state index is 12.1. The topological polar surface area (TPSA) is 54.7 Å². The van der Waals surface area contributed by atoms with Gasteiger partial charge in [0.15, 0.2) is 5.76 Å². The number of carbonyl (C=O) groups is 1. The van der Waals surface area contributed by atoms with Gasteiger partial charge in [0, 0.05) is 19.6 Å². The lowest BCUT2D eigenvalue weighted by Gasteiger charge is -2.32. The molecule has 0 unspecified atom stereocenters. The van der Waals surface area contributed by atoms with Crippen LogP contribution in [0.3, 0.4) is 0 Å². The largest absolute Gasteiger partial charge is 0.459 e. The number of nitrogens with one attached hydrogen (secondary N) is 1. The van der Waals surface area contributed by atoms with Gasteiger partial charge in [-0.15, -0.1) is 0 Å². The summed E-state index contributed by atoms with van der Waals surface area (Å²) in [6, 6.07) is 21.5. The smallest absolute Gasteiger partial charge is 0.286 e. The number of hydrogen-bond donors (Lipinski definition) is 1. The van der Waals surface area contributed by atoms with Crippen LogP contribution in [0.2, 0.25) is 0 Å². The van der Waals surface area contributed by atoms with Crippen molar-refractivity contribution in [1.29, 1.82) is 0 Å². The van der Waals surface area contributed by atoms with Gasteiger partial charge in [-0.2, -0.15) is 0 Å². The van der Waals surface area contributed by atoms with E-state index >= 15 is 0 Å². The monoisotopic (exact) mass is 390 g/mol. The Kier molecular flexibility index (Phi) is 6.27. The van der Waals surface area contributed by atoms with Gasteiger partial charge in [0.2, 0.25) is 0 Å². The fourth-order valence-electron chi connectivity index (χ4n) is 3.78. The Bertz CT molecular complexity index is 909. The molecular weight excluding hydrogens is 364 g/mol. The molecule has 1 fully saturated rings. The van der Waals surface area contributed by atoms with E-state index in [2.05, 4.69) is 22.3 Å². The van der Waals surface area contributed by atoms with Gasteiger partial charge < -0.3 is 14.5 Å². The van der Waals surface area contributed by atoms with Crippen molar-refractivity contribution in [3.05, 3.63) is 84.3 Å². The van der Waals surface area contributed by atoms with E-state index in [-0.39, 0.29) is 5.91 Å². The molecule has 0 aliphatic carbocycles. The van der Waals surface area contributed by atoms with Gasteiger partial charge in [-0.1, -0.05) is 30.3 Å². The van der Waals surface area contributed by atoms with E-state index in [1.54, 1.807) is 12.1 Å². The first-order valence-electron chi connectivity index (χ1n) is 10.1. The molecule has 5 heteroatoms. The number of nitrogens with zero attached hydrogens (tertiary/aromatic N) is 1. The van der Waals surface area contributed by atoms with Gasteiger partial charge in [-0.25, -0.2) is 0 Å². The molecular formula is C24H26N2O3. The highest BCUT2D eigenvalue weighted by atomic mass is 16.5. The molecule has 2 heterocycles. The van der Waals surface area contributed by atoms with Crippen LogP contribution in [0.25, 0.3) is 0 Å². The number of benzene rings is 2. The Balaban J connectivity index is 1.30. The zero-order valence-corrected chi connectivity index (χ0v) is 16.4. The lowest BCUT2D eigenvalue weighted by atomic mass is 9.97. The van der Waals surface area contributed by atoms with Crippen molar-refractivity contribution in [2.75, 3.05) is 19.6 Å². The highest BCUT2D eigenvalue weighted by Crippen LogP contribution is 2.24. The zero-order valence-electron chi connectivity index (χ0n) is 16.4. The second-order valence-corrected chi connectivity index (χ2v) is 7.49.